The standard InChI is InChI=1S/C13H11FN8O2/c1-7-10(17-21-22(7)12-11(15)19-24-20-12)13(23)18-16-6-8-4-2-3-5-9(8)14/h2-6H,1H3,(H2,15,19)(H,18,23)/b16-6+. The Kier molecular flexibility index (Phi) is 3.97. The molecule has 0 aliphatic heterocycles. The van der Waals surface area contributed by atoms with E-state index in [1.54, 1.807) is 19.1 Å². The first-order chi connectivity index (χ1) is 11.6. The van der Waals surface area contributed by atoms with Crippen LogP contribution in [0.5, 0.6) is 0 Å². The normalized spacial score (nSPS) is 11.1. The van der Waals surface area contributed by atoms with Gasteiger partial charge in [-0.15, -0.1) is 5.10 Å². The minimum absolute atomic E-state index is 0.00286. The van der Waals surface area contributed by atoms with E-state index < -0.39 is 11.7 Å². The maximum absolute atomic E-state index is 13.4. The largest absolute Gasteiger partial charge is 0.378 e. The molecule has 10 nitrogen and oxygen atoms in total. The van der Waals surface area contributed by atoms with Gasteiger partial charge in [-0.3, -0.25) is 4.79 Å². The zero-order valence-electron chi connectivity index (χ0n) is 12.3. The van der Waals surface area contributed by atoms with Crippen LogP contribution in [0.4, 0.5) is 10.2 Å². The number of halogens is 1. The Bertz CT molecular complexity index is 916. The van der Waals surface area contributed by atoms with E-state index in [9.17, 15) is 9.18 Å². The number of rotatable bonds is 4. The summed E-state index contributed by atoms with van der Waals surface area (Å²) in [7, 11) is 0. The van der Waals surface area contributed by atoms with Gasteiger partial charge in [-0.25, -0.2) is 14.4 Å². The van der Waals surface area contributed by atoms with Crippen molar-refractivity contribution in [3.63, 3.8) is 0 Å². The van der Waals surface area contributed by atoms with Gasteiger partial charge < -0.3 is 5.73 Å². The van der Waals surface area contributed by atoms with Gasteiger partial charge in [-0.05, 0) is 23.3 Å². The Labute approximate surface area is 134 Å². The highest BCUT2D eigenvalue weighted by Gasteiger charge is 2.20. The van der Waals surface area contributed by atoms with Gasteiger partial charge in [0.05, 0.1) is 11.9 Å². The predicted molar refractivity (Wildman–Crippen MR) is 79.8 cm³/mol. The third-order valence-electron chi connectivity index (χ3n) is 3.08. The first kappa shape index (κ1) is 15.3. The molecule has 0 saturated heterocycles. The van der Waals surface area contributed by atoms with E-state index in [-0.39, 0.29) is 22.9 Å². The van der Waals surface area contributed by atoms with Crippen molar-refractivity contribution in [3.05, 3.63) is 47.0 Å². The van der Waals surface area contributed by atoms with Gasteiger partial charge in [-0.2, -0.15) is 9.78 Å². The molecule has 0 saturated carbocycles. The smallest absolute Gasteiger partial charge is 0.293 e. The van der Waals surface area contributed by atoms with Crippen molar-refractivity contribution in [1.82, 2.24) is 30.7 Å². The summed E-state index contributed by atoms with van der Waals surface area (Å²) in [5.41, 5.74) is 8.41. The molecule has 3 aromatic rings. The Morgan fingerprint density at radius 3 is 2.92 bits per heavy atom. The summed E-state index contributed by atoms with van der Waals surface area (Å²) in [5.74, 6) is -0.950. The van der Waals surface area contributed by atoms with E-state index in [1.807, 2.05) is 0 Å². The molecule has 122 valence electrons. The van der Waals surface area contributed by atoms with Crippen LogP contribution in [0.15, 0.2) is 34.0 Å². The van der Waals surface area contributed by atoms with E-state index in [2.05, 4.69) is 35.8 Å². The molecular formula is C13H11FN8O2. The molecule has 0 spiro atoms. The molecule has 2 aromatic heterocycles. The SMILES string of the molecule is Cc1c(C(=O)N/N=C/c2ccccc2F)nnn1-c1nonc1N. The van der Waals surface area contributed by atoms with Crippen LogP contribution in [0.2, 0.25) is 0 Å². The zero-order chi connectivity index (χ0) is 17.1. The highest BCUT2D eigenvalue weighted by molar-refractivity contribution is 5.94. The Balaban J connectivity index is 1.76. The first-order valence-electron chi connectivity index (χ1n) is 6.66. The highest BCUT2D eigenvalue weighted by atomic mass is 19.1. The van der Waals surface area contributed by atoms with Crippen LogP contribution in [-0.4, -0.2) is 37.4 Å². The predicted octanol–water partition coefficient (Wildman–Crippen LogP) is 0.444. The van der Waals surface area contributed by atoms with E-state index >= 15 is 0 Å². The summed E-state index contributed by atoms with van der Waals surface area (Å²) in [6, 6.07) is 6.01. The number of nitrogens with two attached hydrogens (primary N) is 1. The maximum Gasteiger partial charge on any atom is 0.293 e. The van der Waals surface area contributed by atoms with Crippen molar-refractivity contribution in [2.75, 3.05) is 5.73 Å². The van der Waals surface area contributed by atoms with Crippen molar-refractivity contribution in [3.8, 4) is 5.82 Å². The number of nitrogens with one attached hydrogen (secondary N) is 1. The monoisotopic (exact) mass is 330 g/mol. The second-order valence-electron chi connectivity index (χ2n) is 4.63. The molecule has 0 unspecified atom stereocenters. The van der Waals surface area contributed by atoms with Gasteiger partial charge in [0, 0.05) is 5.56 Å². The number of nitrogens with zero attached hydrogens (tertiary/aromatic N) is 6. The summed E-state index contributed by atoms with van der Waals surface area (Å²) >= 11 is 0. The molecule has 0 bridgehead atoms. The maximum atomic E-state index is 13.4. The topological polar surface area (TPSA) is 137 Å². The molecule has 2 heterocycles. The molecule has 3 rings (SSSR count). The number of carbonyl (C=O) groups excluding carboxylic acids is 1. The third kappa shape index (κ3) is 2.82. The minimum atomic E-state index is -0.624. The van der Waals surface area contributed by atoms with Crippen LogP contribution < -0.4 is 11.2 Å². The highest BCUT2D eigenvalue weighted by Crippen LogP contribution is 2.14. The van der Waals surface area contributed by atoms with Crippen LogP contribution in [-0.2, 0) is 0 Å². The van der Waals surface area contributed by atoms with Gasteiger partial charge in [-0.1, -0.05) is 23.4 Å². The molecule has 0 aliphatic carbocycles. The fraction of sp³-hybridized carbons (Fsp3) is 0.0769. The van der Waals surface area contributed by atoms with Crippen LogP contribution in [0.3, 0.4) is 0 Å². The molecule has 0 fully saturated rings. The van der Waals surface area contributed by atoms with Gasteiger partial charge in [0.2, 0.25) is 11.6 Å². The fourth-order valence-corrected chi connectivity index (χ4v) is 1.87. The molecule has 1 aromatic carbocycles. The van der Waals surface area contributed by atoms with Crippen molar-refractivity contribution in [1.29, 1.82) is 0 Å². The second-order valence-corrected chi connectivity index (χ2v) is 4.63. The van der Waals surface area contributed by atoms with Crippen molar-refractivity contribution >= 4 is 17.9 Å². The molecule has 1 amide bonds. The lowest BCUT2D eigenvalue weighted by atomic mass is 10.2. The van der Waals surface area contributed by atoms with Crippen molar-refractivity contribution in [2.24, 2.45) is 5.10 Å². The van der Waals surface area contributed by atoms with E-state index in [0.717, 1.165) is 0 Å². The number of anilines is 1. The quantitative estimate of drug-likeness (QED) is 0.523. The Morgan fingerprint density at radius 1 is 1.42 bits per heavy atom. The van der Waals surface area contributed by atoms with Gasteiger partial charge in [0.25, 0.3) is 5.91 Å². The van der Waals surface area contributed by atoms with E-state index in [0.29, 0.717) is 5.69 Å². The molecule has 24 heavy (non-hydrogen) atoms. The minimum Gasteiger partial charge on any atom is -0.378 e. The van der Waals surface area contributed by atoms with Crippen molar-refractivity contribution in [2.45, 2.75) is 6.92 Å². The van der Waals surface area contributed by atoms with Gasteiger partial charge >= 0.3 is 0 Å². The summed E-state index contributed by atoms with van der Waals surface area (Å²) in [4.78, 5) is 12.1. The van der Waals surface area contributed by atoms with Gasteiger partial charge in [0.15, 0.2) is 5.69 Å². The second kappa shape index (κ2) is 6.24. The molecule has 0 radical (unpaired) electrons. The zero-order valence-corrected chi connectivity index (χ0v) is 12.3. The number of amides is 1. The number of hydrogen-bond acceptors (Lipinski definition) is 8. The Morgan fingerprint density at radius 2 is 2.21 bits per heavy atom. The van der Waals surface area contributed by atoms with Crippen molar-refractivity contribution < 1.29 is 13.8 Å². The van der Waals surface area contributed by atoms with Crippen LogP contribution in [0.1, 0.15) is 21.7 Å². The average Bonchev–Trinajstić information content (AvgIpc) is 3.14. The number of nitrogen functional groups attached to an aromatic ring is 1. The lowest BCUT2D eigenvalue weighted by Crippen LogP contribution is -2.19. The van der Waals surface area contributed by atoms with E-state index in [1.165, 1.54) is 23.0 Å². The Hall–Kier alpha value is -3.63. The summed E-state index contributed by atoms with van der Waals surface area (Å²) in [6.07, 6.45) is 1.19. The van der Waals surface area contributed by atoms with Crippen LogP contribution >= 0.6 is 0 Å². The molecular weight excluding hydrogens is 319 g/mol. The number of hydrazone groups is 1. The average molecular weight is 330 g/mol. The van der Waals surface area contributed by atoms with Gasteiger partial charge in [0.1, 0.15) is 5.82 Å². The summed E-state index contributed by atoms with van der Waals surface area (Å²) in [5, 5.41) is 18.2. The fourth-order valence-electron chi connectivity index (χ4n) is 1.87. The molecule has 0 atom stereocenters. The lowest BCUT2D eigenvalue weighted by molar-refractivity contribution is 0.0949. The summed E-state index contributed by atoms with van der Waals surface area (Å²) in [6.45, 7) is 1.59. The van der Waals surface area contributed by atoms with Crippen LogP contribution in [0, 0.1) is 12.7 Å². The summed E-state index contributed by atoms with van der Waals surface area (Å²) < 4.78 is 19.1. The number of hydrogen-bond donors (Lipinski definition) is 2. The lowest BCUT2D eigenvalue weighted by Gasteiger charge is -1.99. The number of carbonyl (C=O) groups is 1. The molecule has 3 N–H and O–H groups in total. The number of aromatic nitrogens is 5. The third-order valence-corrected chi connectivity index (χ3v) is 3.08. The van der Waals surface area contributed by atoms with E-state index in [4.69, 9.17) is 5.73 Å². The molecule has 0 aliphatic rings. The first-order valence-corrected chi connectivity index (χ1v) is 6.66. The van der Waals surface area contributed by atoms with Crippen LogP contribution in [0.25, 0.3) is 5.82 Å². The number of benzene rings is 1. The molecule has 11 heteroatoms.